The van der Waals surface area contributed by atoms with Crippen LogP contribution in [0.5, 0.6) is 5.75 Å². The van der Waals surface area contributed by atoms with Crippen molar-refractivity contribution in [3.05, 3.63) is 24.3 Å². The van der Waals surface area contributed by atoms with Gasteiger partial charge < -0.3 is 15.0 Å². The van der Waals surface area contributed by atoms with Gasteiger partial charge in [-0.2, -0.15) is 5.26 Å². The summed E-state index contributed by atoms with van der Waals surface area (Å²) >= 11 is 0. The first-order chi connectivity index (χ1) is 8.74. The van der Waals surface area contributed by atoms with E-state index in [9.17, 15) is 0 Å². The molecule has 2 unspecified atom stereocenters. The van der Waals surface area contributed by atoms with E-state index in [2.05, 4.69) is 35.3 Å². The number of hydrogen-bond donors (Lipinski definition) is 1. The zero-order valence-corrected chi connectivity index (χ0v) is 10.9. The van der Waals surface area contributed by atoms with Crippen LogP contribution < -0.4 is 15.0 Å². The van der Waals surface area contributed by atoms with E-state index in [1.807, 2.05) is 12.1 Å². The first kappa shape index (κ1) is 12.7. The maximum atomic E-state index is 8.78. The molecule has 1 heterocycles. The third kappa shape index (κ3) is 2.74. The summed E-state index contributed by atoms with van der Waals surface area (Å²) in [6.07, 6.45) is 0.555. The minimum absolute atomic E-state index is 0.258. The largest absolute Gasteiger partial charge is 0.497 e. The first-order valence-electron chi connectivity index (χ1n) is 6.25. The van der Waals surface area contributed by atoms with Crippen molar-refractivity contribution in [2.24, 2.45) is 0 Å². The third-order valence-corrected chi connectivity index (χ3v) is 3.39. The Labute approximate surface area is 108 Å². The van der Waals surface area contributed by atoms with Crippen LogP contribution in [-0.2, 0) is 0 Å². The maximum absolute atomic E-state index is 8.78. The molecular formula is C14H19N3O. The fourth-order valence-corrected chi connectivity index (χ4v) is 2.31. The minimum Gasteiger partial charge on any atom is -0.497 e. The highest BCUT2D eigenvalue weighted by atomic mass is 16.5. The first-order valence-corrected chi connectivity index (χ1v) is 6.25. The van der Waals surface area contributed by atoms with Crippen molar-refractivity contribution >= 4 is 5.69 Å². The second kappa shape index (κ2) is 5.74. The standard InChI is InChI=1S/C14H19N3O/c1-11-9-16-12(7-8-15)10-17(11)13-3-5-14(18-2)6-4-13/h3-6,11-12,16H,7,9-10H2,1-2H3. The Morgan fingerprint density at radius 1 is 1.44 bits per heavy atom. The van der Waals surface area contributed by atoms with E-state index >= 15 is 0 Å². The average Bonchev–Trinajstić information content (AvgIpc) is 2.41. The van der Waals surface area contributed by atoms with Gasteiger partial charge in [0, 0.05) is 30.9 Å². The predicted molar refractivity (Wildman–Crippen MR) is 71.8 cm³/mol. The van der Waals surface area contributed by atoms with Gasteiger partial charge in [0.25, 0.3) is 0 Å². The van der Waals surface area contributed by atoms with Crippen LogP contribution in [0.15, 0.2) is 24.3 Å². The van der Waals surface area contributed by atoms with Gasteiger partial charge in [-0.15, -0.1) is 0 Å². The topological polar surface area (TPSA) is 48.3 Å². The molecule has 1 aromatic carbocycles. The number of methoxy groups -OCH3 is 1. The summed E-state index contributed by atoms with van der Waals surface area (Å²) in [7, 11) is 1.67. The Bertz CT molecular complexity index is 424. The van der Waals surface area contributed by atoms with Crippen LogP contribution in [0.3, 0.4) is 0 Å². The van der Waals surface area contributed by atoms with E-state index in [0.717, 1.165) is 18.8 Å². The minimum atomic E-state index is 0.258. The lowest BCUT2D eigenvalue weighted by Crippen LogP contribution is -2.55. The van der Waals surface area contributed by atoms with E-state index in [-0.39, 0.29) is 6.04 Å². The molecule has 1 aliphatic heterocycles. The Balaban J connectivity index is 2.11. The molecule has 96 valence electrons. The quantitative estimate of drug-likeness (QED) is 0.881. The van der Waals surface area contributed by atoms with Gasteiger partial charge in [0.15, 0.2) is 0 Å². The van der Waals surface area contributed by atoms with Crippen LogP contribution >= 0.6 is 0 Å². The maximum Gasteiger partial charge on any atom is 0.119 e. The molecule has 2 rings (SSSR count). The van der Waals surface area contributed by atoms with E-state index in [0.29, 0.717) is 12.5 Å². The monoisotopic (exact) mass is 245 g/mol. The smallest absolute Gasteiger partial charge is 0.119 e. The Hall–Kier alpha value is -1.73. The van der Waals surface area contributed by atoms with Crippen molar-refractivity contribution in [2.75, 3.05) is 25.1 Å². The van der Waals surface area contributed by atoms with Crippen molar-refractivity contribution in [3.63, 3.8) is 0 Å². The normalized spacial score (nSPS) is 23.5. The van der Waals surface area contributed by atoms with Crippen LogP contribution in [0.2, 0.25) is 0 Å². The second-order valence-corrected chi connectivity index (χ2v) is 4.67. The summed E-state index contributed by atoms with van der Waals surface area (Å²) in [6.45, 7) is 3.99. The highest BCUT2D eigenvalue weighted by molar-refractivity contribution is 5.50. The fourth-order valence-electron chi connectivity index (χ4n) is 2.31. The molecule has 18 heavy (non-hydrogen) atoms. The summed E-state index contributed by atoms with van der Waals surface area (Å²) in [5.74, 6) is 0.870. The second-order valence-electron chi connectivity index (χ2n) is 4.67. The number of ether oxygens (including phenoxy) is 1. The number of rotatable bonds is 3. The molecular weight excluding hydrogens is 226 g/mol. The van der Waals surface area contributed by atoms with Crippen molar-refractivity contribution in [3.8, 4) is 11.8 Å². The van der Waals surface area contributed by atoms with Crippen LogP contribution in [-0.4, -0.2) is 32.3 Å². The van der Waals surface area contributed by atoms with Crippen LogP contribution in [0.25, 0.3) is 0 Å². The van der Waals surface area contributed by atoms with Gasteiger partial charge in [0.2, 0.25) is 0 Å². The molecule has 1 N–H and O–H groups in total. The highest BCUT2D eigenvalue weighted by Gasteiger charge is 2.24. The summed E-state index contributed by atoms with van der Waals surface area (Å²) in [6, 6.07) is 11.0. The molecule has 0 spiro atoms. The zero-order valence-electron chi connectivity index (χ0n) is 10.9. The third-order valence-electron chi connectivity index (χ3n) is 3.39. The SMILES string of the molecule is COc1ccc(N2CC(CC#N)NCC2C)cc1. The molecule has 1 fully saturated rings. The molecule has 4 nitrogen and oxygen atoms in total. The molecule has 1 aliphatic rings. The van der Waals surface area contributed by atoms with Gasteiger partial charge in [-0.25, -0.2) is 0 Å². The predicted octanol–water partition coefficient (Wildman–Crippen LogP) is 1.78. The van der Waals surface area contributed by atoms with Crippen LogP contribution in [0, 0.1) is 11.3 Å². The summed E-state index contributed by atoms with van der Waals surface area (Å²) in [5, 5.41) is 12.2. The zero-order chi connectivity index (χ0) is 13.0. The Kier molecular flexibility index (Phi) is 4.06. The van der Waals surface area contributed by atoms with Crippen molar-refractivity contribution < 1.29 is 4.74 Å². The number of anilines is 1. The number of nitrogens with zero attached hydrogens (tertiary/aromatic N) is 2. The molecule has 0 bridgehead atoms. The molecule has 0 aromatic heterocycles. The van der Waals surface area contributed by atoms with Gasteiger partial charge in [0.05, 0.1) is 19.6 Å². The van der Waals surface area contributed by atoms with Crippen molar-refractivity contribution in [1.29, 1.82) is 5.26 Å². The summed E-state index contributed by atoms with van der Waals surface area (Å²) < 4.78 is 5.17. The lowest BCUT2D eigenvalue weighted by atomic mass is 10.1. The molecule has 2 atom stereocenters. The Morgan fingerprint density at radius 3 is 2.78 bits per heavy atom. The van der Waals surface area contributed by atoms with Gasteiger partial charge in [-0.3, -0.25) is 0 Å². The molecule has 4 heteroatoms. The van der Waals surface area contributed by atoms with Crippen LogP contribution in [0.1, 0.15) is 13.3 Å². The van der Waals surface area contributed by atoms with E-state index in [4.69, 9.17) is 10.00 Å². The number of nitriles is 1. The molecule has 0 amide bonds. The average molecular weight is 245 g/mol. The molecule has 0 aliphatic carbocycles. The molecule has 0 saturated carbocycles. The van der Waals surface area contributed by atoms with Crippen molar-refractivity contribution in [1.82, 2.24) is 5.32 Å². The van der Waals surface area contributed by atoms with Gasteiger partial charge in [-0.05, 0) is 31.2 Å². The van der Waals surface area contributed by atoms with Gasteiger partial charge in [-0.1, -0.05) is 0 Å². The summed E-state index contributed by atoms with van der Waals surface area (Å²) in [5.41, 5.74) is 1.19. The number of hydrogen-bond acceptors (Lipinski definition) is 4. The number of piperazine rings is 1. The lowest BCUT2D eigenvalue weighted by Gasteiger charge is -2.39. The molecule has 1 aromatic rings. The van der Waals surface area contributed by atoms with Gasteiger partial charge in [0.1, 0.15) is 5.75 Å². The van der Waals surface area contributed by atoms with E-state index in [1.165, 1.54) is 5.69 Å². The molecule has 0 radical (unpaired) electrons. The fraction of sp³-hybridized carbons (Fsp3) is 0.500. The van der Waals surface area contributed by atoms with E-state index < -0.39 is 0 Å². The van der Waals surface area contributed by atoms with Gasteiger partial charge >= 0.3 is 0 Å². The molecule has 1 saturated heterocycles. The van der Waals surface area contributed by atoms with Crippen LogP contribution in [0.4, 0.5) is 5.69 Å². The van der Waals surface area contributed by atoms with Crippen molar-refractivity contribution in [2.45, 2.75) is 25.4 Å². The van der Waals surface area contributed by atoms with E-state index in [1.54, 1.807) is 7.11 Å². The Morgan fingerprint density at radius 2 is 2.17 bits per heavy atom. The lowest BCUT2D eigenvalue weighted by molar-refractivity contribution is 0.407. The number of benzene rings is 1. The highest BCUT2D eigenvalue weighted by Crippen LogP contribution is 2.23. The summed E-state index contributed by atoms with van der Waals surface area (Å²) in [4.78, 5) is 2.35. The number of nitrogens with one attached hydrogen (secondary N) is 1.